The number of nitrogens with two attached hydrogens (primary N) is 1. The molecule has 2 N–H and O–H groups in total. The van der Waals surface area contributed by atoms with Gasteiger partial charge in [-0.15, -0.1) is 0 Å². The Morgan fingerprint density at radius 2 is 2.00 bits per heavy atom. The van der Waals surface area contributed by atoms with Gasteiger partial charge in [-0.25, -0.2) is 9.18 Å². The van der Waals surface area contributed by atoms with Gasteiger partial charge >= 0.3 is 5.97 Å². The highest BCUT2D eigenvalue weighted by molar-refractivity contribution is 5.94. The molecule has 0 aliphatic heterocycles. The molecule has 4 nitrogen and oxygen atoms in total. The van der Waals surface area contributed by atoms with Crippen LogP contribution in [-0.4, -0.2) is 13.1 Å². The number of hydrogen-bond donors (Lipinski definition) is 1. The number of esters is 1. The second-order valence-electron chi connectivity index (χ2n) is 4.23. The number of anilines is 1. The monoisotopic (exact) mass is 275 g/mol. The Bertz CT molecular complexity index is 656. The molecule has 0 aliphatic carbocycles. The number of halogens is 1. The lowest BCUT2D eigenvalue weighted by molar-refractivity contribution is 0.0598. The van der Waals surface area contributed by atoms with Crippen molar-refractivity contribution >= 4 is 11.7 Å². The molecule has 0 saturated carbocycles. The van der Waals surface area contributed by atoms with Crippen LogP contribution in [0.2, 0.25) is 0 Å². The van der Waals surface area contributed by atoms with E-state index < -0.39 is 5.97 Å². The Labute approximate surface area is 115 Å². The fourth-order valence-electron chi connectivity index (χ4n) is 1.74. The van der Waals surface area contributed by atoms with Crippen LogP contribution in [0, 0.1) is 12.7 Å². The fourth-order valence-corrected chi connectivity index (χ4v) is 1.74. The third-order valence-corrected chi connectivity index (χ3v) is 2.80. The van der Waals surface area contributed by atoms with Crippen molar-refractivity contribution in [2.75, 3.05) is 12.8 Å². The Balaban J connectivity index is 2.42. The van der Waals surface area contributed by atoms with Gasteiger partial charge in [0.05, 0.1) is 12.8 Å². The number of carbonyl (C=O) groups excluding carboxylic acids is 1. The number of hydrogen-bond acceptors (Lipinski definition) is 4. The lowest BCUT2D eigenvalue weighted by Crippen LogP contribution is -2.05. The zero-order chi connectivity index (χ0) is 14.7. The van der Waals surface area contributed by atoms with Crippen molar-refractivity contribution in [2.24, 2.45) is 0 Å². The Morgan fingerprint density at radius 3 is 2.65 bits per heavy atom. The highest BCUT2D eigenvalue weighted by Crippen LogP contribution is 2.32. The van der Waals surface area contributed by atoms with E-state index in [9.17, 15) is 9.18 Å². The minimum atomic E-state index is -0.550. The summed E-state index contributed by atoms with van der Waals surface area (Å²) in [7, 11) is 1.28. The molecule has 0 unspecified atom stereocenters. The van der Waals surface area contributed by atoms with Crippen molar-refractivity contribution in [1.82, 2.24) is 0 Å². The molecule has 0 aromatic heterocycles. The van der Waals surface area contributed by atoms with Gasteiger partial charge in [-0.2, -0.15) is 0 Å². The number of aryl methyl sites for hydroxylation is 1. The quantitative estimate of drug-likeness (QED) is 0.689. The zero-order valence-corrected chi connectivity index (χ0v) is 11.1. The summed E-state index contributed by atoms with van der Waals surface area (Å²) in [6.07, 6.45) is 0. The van der Waals surface area contributed by atoms with Crippen molar-refractivity contribution in [2.45, 2.75) is 6.92 Å². The molecule has 0 heterocycles. The first-order valence-corrected chi connectivity index (χ1v) is 5.93. The molecule has 104 valence electrons. The maximum Gasteiger partial charge on any atom is 0.341 e. The van der Waals surface area contributed by atoms with Crippen LogP contribution >= 0.6 is 0 Å². The third-order valence-electron chi connectivity index (χ3n) is 2.80. The molecule has 5 heteroatoms. The molecular formula is C15H14FNO3. The summed E-state index contributed by atoms with van der Waals surface area (Å²) >= 11 is 0. The van der Waals surface area contributed by atoms with Crippen LogP contribution in [0.25, 0.3) is 0 Å². The van der Waals surface area contributed by atoms with E-state index in [1.807, 2.05) is 0 Å². The summed E-state index contributed by atoms with van der Waals surface area (Å²) in [5, 5.41) is 0. The molecule has 0 atom stereocenters. The number of benzene rings is 2. The SMILES string of the molecule is COC(=O)c1cccc(N)c1Oc1ccc(F)c(C)c1. The standard InChI is InChI=1S/C15H14FNO3/c1-9-8-10(6-7-12(9)16)20-14-11(15(18)19-2)4-3-5-13(14)17/h3-8H,17H2,1-2H3. The van der Waals surface area contributed by atoms with E-state index in [1.165, 1.54) is 25.3 Å². The summed E-state index contributed by atoms with van der Waals surface area (Å²) in [4.78, 5) is 11.7. The Kier molecular flexibility index (Phi) is 3.89. The van der Waals surface area contributed by atoms with Gasteiger partial charge < -0.3 is 15.2 Å². The van der Waals surface area contributed by atoms with E-state index in [0.717, 1.165) is 0 Å². The molecule has 0 spiro atoms. The van der Waals surface area contributed by atoms with Crippen molar-refractivity contribution in [3.8, 4) is 11.5 Å². The molecule has 0 aliphatic rings. The molecule has 0 radical (unpaired) electrons. The number of carbonyl (C=O) groups is 1. The molecule has 2 rings (SSSR count). The van der Waals surface area contributed by atoms with Crippen LogP contribution < -0.4 is 10.5 Å². The van der Waals surface area contributed by atoms with Crippen molar-refractivity contribution in [3.05, 3.63) is 53.3 Å². The molecule has 2 aromatic carbocycles. The average Bonchev–Trinajstić information content (AvgIpc) is 2.44. The normalized spacial score (nSPS) is 10.2. The summed E-state index contributed by atoms with van der Waals surface area (Å²) < 4.78 is 23.5. The highest BCUT2D eigenvalue weighted by atomic mass is 19.1. The first kappa shape index (κ1) is 13.9. The second-order valence-corrected chi connectivity index (χ2v) is 4.23. The van der Waals surface area contributed by atoms with E-state index in [4.69, 9.17) is 10.5 Å². The summed E-state index contributed by atoms with van der Waals surface area (Å²) in [5.74, 6) is -0.282. The molecule has 0 bridgehead atoms. The molecule has 0 fully saturated rings. The number of methoxy groups -OCH3 is 1. The summed E-state index contributed by atoms with van der Waals surface area (Å²) in [6.45, 7) is 1.62. The van der Waals surface area contributed by atoms with E-state index in [-0.39, 0.29) is 17.1 Å². The maximum atomic E-state index is 13.2. The number of nitrogen functional groups attached to an aromatic ring is 1. The van der Waals surface area contributed by atoms with Crippen LogP contribution in [0.4, 0.5) is 10.1 Å². The lowest BCUT2D eigenvalue weighted by Gasteiger charge is -2.12. The van der Waals surface area contributed by atoms with Crippen LogP contribution in [0.1, 0.15) is 15.9 Å². The Hall–Kier alpha value is -2.56. The largest absolute Gasteiger partial charge is 0.465 e. The van der Waals surface area contributed by atoms with E-state index >= 15 is 0 Å². The van der Waals surface area contributed by atoms with Gasteiger partial charge in [0, 0.05) is 0 Å². The number of rotatable bonds is 3. The first-order chi connectivity index (χ1) is 9.52. The van der Waals surface area contributed by atoms with Crippen molar-refractivity contribution in [1.29, 1.82) is 0 Å². The number of para-hydroxylation sites is 1. The summed E-state index contributed by atoms with van der Waals surface area (Å²) in [5.41, 5.74) is 6.78. The van der Waals surface area contributed by atoms with Gasteiger partial charge in [-0.3, -0.25) is 0 Å². The van der Waals surface area contributed by atoms with Crippen LogP contribution in [0.5, 0.6) is 11.5 Å². The fraction of sp³-hybridized carbons (Fsp3) is 0.133. The third kappa shape index (κ3) is 2.71. The molecule has 0 amide bonds. The predicted octanol–water partition coefficient (Wildman–Crippen LogP) is 3.30. The van der Waals surface area contributed by atoms with E-state index in [2.05, 4.69) is 4.74 Å². The van der Waals surface area contributed by atoms with E-state index in [1.54, 1.807) is 25.1 Å². The molecule has 20 heavy (non-hydrogen) atoms. The molecule has 2 aromatic rings. The Morgan fingerprint density at radius 1 is 1.25 bits per heavy atom. The van der Waals surface area contributed by atoms with E-state index in [0.29, 0.717) is 17.0 Å². The van der Waals surface area contributed by atoms with Gasteiger partial charge in [0.2, 0.25) is 0 Å². The van der Waals surface area contributed by atoms with Gasteiger partial charge in [-0.1, -0.05) is 6.07 Å². The van der Waals surface area contributed by atoms with Crippen LogP contribution in [0.3, 0.4) is 0 Å². The average molecular weight is 275 g/mol. The molecular weight excluding hydrogens is 261 g/mol. The summed E-state index contributed by atoms with van der Waals surface area (Å²) in [6, 6.07) is 9.08. The van der Waals surface area contributed by atoms with Crippen molar-refractivity contribution < 1.29 is 18.7 Å². The van der Waals surface area contributed by atoms with Crippen LogP contribution in [0.15, 0.2) is 36.4 Å². The second kappa shape index (κ2) is 5.61. The highest BCUT2D eigenvalue weighted by Gasteiger charge is 2.16. The smallest absolute Gasteiger partial charge is 0.341 e. The van der Waals surface area contributed by atoms with Gasteiger partial charge in [-0.05, 0) is 42.8 Å². The molecule has 0 saturated heterocycles. The number of ether oxygens (including phenoxy) is 2. The predicted molar refractivity (Wildman–Crippen MR) is 73.4 cm³/mol. The topological polar surface area (TPSA) is 61.5 Å². The zero-order valence-electron chi connectivity index (χ0n) is 11.1. The maximum absolute atomic E-state index is 13.2. The lowest BCUT2D eigenvalue weighted by atomic mass is 10.1. The minimum Gasteiger partial charge on any atom is -0.465 e. The van der Waals surface area contributed by atoms with Gasteiger partial charge in [0.25, 0.3) is 0 Å². The van der Waals surface area contributed by atoms with Gasteiger partial charge in [0.15, 0.2) is 5.75 Å². The first-order valence-electron chi connectivity index (χ1n) is 5.93. The van der Waals surface area contributed by atoms with Crippen LogP contribution in [-0.2, 0) is 4.74 Å². The minimum absolute atomic E-state index is 0.199. The van der Waals surface area contributed by atoms with Gasteiger partial charge in [0.1, 0.15) is 17.1 Å². The van der Waals surface area contributed by atoms with Crippen molar-refractivity contribution in [3.63, 3.8) is 0 Å².